The Morgan fingerprint density at radius 2 is 1.05 bits per heavy atom. The number of carbonyl (C=O) groups is 4. The molecule has 2 atom stereocenters. The van der Waals surface area contributed by atoms with Crippen molar-refractivity contribution >= 4 is 36.0 Å². The molecule has 0 amide bonds. The fraction of sp³-hybridized carbons (Fsp3) is 0.304. The maximum Gasteiger partial charge on any atom is 0.389 e. The average molecular weight is 919 g/mol. The van der Waals surface area contributed by atoms with Gasteiger partial charge in [-0.1, -0.05) is 24.3 Å². The third kappa shape index (κ3) is 22.5. The van der Waals surface area contributed by atoms with Gasteiger partial charge in [0.2, 0.25) is 0 Å². The van der Waals surface area contributed by atoms with Crippen LogP contribution in [0.4, 0.5) is 26.3 Å². The van der Waals surface area contributed by atoms with Crippen molar-refractivity contribution in [3.8, 4) is 23.0 Å². The van der Waals surface area contributed by atoms with Crippen LogP contribution in [0.2, 0.25) is 0 Å². The molecule has 2 aliphatic rings. The molecule has 2 saturated heterocycles. The van der Waals surface area contributed by atoms with Crippen molar-refractivity contribution in [1.29, 1.82) is 0 Å². The molecule has 0 spiro atoms. The van der Waals surface area contributed by atoms with E-state index in [-0.39, 0.29) is 74.1 Å². The van der Waals surface area contributed by atoms with Crippen molar-refractivity contribution in [1.82, 2.24) is 0 Å². The number of carbonyl (C=O) groups excluding carboxylic acids is 3. The van der Waals surface area contributed by atoms with Crippen LogP contribution in [0.3, 0.4) is 0 Å². The normalized spacial score (nSPS) is 15.1. The number of halogens is 6. The Labute approximate surface area is 368 Å². The van der Waals surface area contributed by atoms with Crippen LogP contribution in [0.15, 0.2) is 109 Å². The van der Waals surface area contributed by atoms with Gasteiger partial charge >= 0.3 is 36.2 Å². The summed E-state index contributed by atoms with van der Waals surface area (Å²) >= 11 is 0. The number of carboxylic acids is 1. The van der Waals surface area contributed by atoms with Gasteiger partial charge in [0.25, 0.3) is 0 Å². The van der Waals surface area contributed by atoms with Crippen molar-refractivity contribution in [2.24, 2.45) is 0 Å². The summed E-state index contributed by atoms with van der Waals surface area (Å²) in [6.45, 7) is 1.61. The van der Waals surface area contributed by atoms with Crippen LogP contribution in [0.5, 0.6) is 23.0 Å². The highest BCUT2D eigenvalue weighted by Crippen LogP contribution is 2.24. The molecule has 0 bridgehead atoms. The van der Waals surface area contributed by atoms with Gasteiger partial charge in [0, 0.05) is 25.0 Å². The Hall–Kier alpha value is -6.70. The van der Waals surface area contributed by atoms with E-state index in [0.29, 0.717) is 29.2 Å². The van der Waals surface area contributed by atoms with Gasteiger partial charge < -0.3 is 43.4 Å². The summed E-state index contributed by atoms with van der Waals surface area (Å²) in [4.78, 5) is 46.7. The fourth-order valence-corrected chi connectivity index (χ4v) is 4.89. The second-order valence-corrected chi connectivity index (χ2v) is 13.8. The lowest BCUT2D eigenvalue weighted by atomic mass is 10.2. The van der Waals surface area contributed by atoms with E-state index in [9.17, 15) is 45.5 Å². The number of rotatable bonds is 19. The molecule has 2 fully saturated rings. The first-order valence-corrected chi connectivity index (χ1v) is 19.8. The number of epoxide rings is 2. The number of hydrogen-bond donors (Lipinski definition) is 2. The van der Waals surface area contributed by atoms with E-state index in [4.69, 9.17) is 38.6 Å². The third-order valence-corrected chi connectivity index (χ3v) is 8.31. The zero-order valence-corrected chi connectivity index (χ0v) is 34.4. The minimum absolute atomic E-state index is 0.00916. The van der Waals surface area contributed by atoms with Gasteiger partial charge in [0.05, 0.1) is 44.2 Å². The minimum atomic E-state index is -4.21. The zero-order chi connectivity index (χ0) is 47.2. The van der Waals surface area contributed by atoms with Crippen LogP contribution in [-0.2, 0) is 23.8 Å². The molecule has 4 aromatic rings. The number of aliphatic hydroxyl groups excluding tert-OH is 1. The van der Waals surface area contributed by atoms with E-state index in [0.717, 1.165) is 12.7 Å². The molecular formula is C46H44F6O13. The largest absolute Gasteiger partial charge is 0.494 e. The van der Waals surface area contributed by atoms with Crippen LogP contribution in [0.25, 0.3) is 12.2 Å². The van der Waals surface area contributed by atoms with Gasteiger partial charge in [-0.3, -0.25) is 0 Å². The van der Waals surface area contributed by atoms with Gasteiger partial charge in [-0.05, 0) is 109 Å². The Morgan fingerprint density at radius 1 is 0.615 bits per heavy atom. The quantitative estimate of drug-likeness (QED) is 0.0228. The molecule has 2 unspecified atom stereocenters. The Kier molecular flexibility index (Phi) is 20.0. The molecule has 13 nitrogen and oxygen atoms in total. The number of esters is 3. The molecule has 0 aliphatic carbocycles. The second-order valence-electron chi connectivity index (χ2n) is 13.8. The third-order valence-electron chi connectivity index (χ3n) is 8.31. The number of alkyl halides is 6. The predicted molar refractivity (Wildman–Crippen MR) is 220 cm³/mol. The molecule has 2 N–H and O–H groups in total. The summed E-state index contributed by atoms with van der Waals surface area (Å²) in [5, 5.41) is 16.7. The highest BCUT2D eigenvalue weighted by Gasteiger charge is 2.27. The summed E-state index contributed by atoms with van der Waals surface area (Å²) in [6, 6.07) is 24.6. The molecule has 65 heavy (non-hydrogen) atoms. The van der Waals surface area contributed by atoms with Crippen molar-refractivity contribution in [3.05, 3.63) is 131 Å². The smallest absolute Gasteiger partial charge is 0.389 e. The van der Waals surface area contributed by atoms with E-state index in [1.807, 2.05) is 0 Å². The van der Waals surface area contributed by atoms with Gasteiger partial charge in [0.1, 0.15) is 41.8 Å². The monoisotopic (exact) mass is 918 g/mol. The molecule has 348 valence electrons. The van der Waals surface area contributed by atoms with E-state index in [2.05, 4.69) is 4.74 Å². The lowest BCUT2D eigenvalue weighted by Crippen LogP contribution is -2.10. The van der Waals surface area contributed by atoms with Crippen LogP contribution in [0, 0.1) is 0 Å². The first-order valence-electron chi connectivity index (χ1n) is 19.8. The molecule has 2 aliphatic heterocycles. The van der Waals surface area contributed by atoms with E-state index in [1.54, 1.807) is 48.5 Å². The Morgan fingerprint density at radius 3 is 1.42 bits per heavy atom. The first kappa shape index (κ1) is 50.9. The Balaban J connectivity index is 0.000000258. The SMILES string of the molecule is O=C(/C=C/c1cccc(OC(=O)c2ccc(OCCCC(F)(F)F)cc2)c1)OCC1CO1.O=C(O)/C=C/c1cccc(OC(=O)c2ccc(OCCCC(F)(F)F)cc2)c1.OCC1CO1. The van der Waals surface area contributed by atoms with Crippen LogP contribution in [0.1, 0.15) is 57.5 Å². The van der Waals surface area contributed by atoms with Crippen molar-refractivity contribution in [2.75, 3.05) is 39.6 Å². The highest BCUT2D eigenvalue weighted by molar-refractivity contribution is 5.92. The standard InChI is InChI=1S/C23H21F3O6.C20H17F3O5.C3H6O2/c24-23(25,26)11-2-12-29-18-8-6-17(7-9-18)22(28)32-19-4-1-3-16(13-19)5-10-21(27)31-15-20-14-30-20;21-20(22,23)11-2-12-27-16-8-6-15(7-9-16)19(26)28-17-4-1-3-14(13-17)5-10-18(24)25;4-1-3-2-5-3/h1,3-10,13,20H,2,11-12,14-15H2;1,3-10,13H,2,11-12H2,(H,24,25);3-4H,1-2H2/b2*10-5+;. The molecule has 0 radical (unpaired) electrons. The number of aliphatic carboxylic acids is 1. The first-order chi connectivity index (χ1) is 30.9. The Bertz CT molecular complexity index is 2200. The lowest BCUT2D eigenvalue weighted by Gasteiger charge is -2.09. The number of aliphatic hydroxyl groups is 1. The van der Waals surface area contributed by atoms with Crippen LogP contribution in [-0.4, -0.2) is 98.3 Å². The van der Waals surface area contributed by atoms with Crippen molar-refractivity contribution in [2.45, 2.75) is 50.2 Å². The number of ether oxygens (including phenoxy) is 7. The van der Waals surface area contributed by atoms with Crippen LogP contribution < -0.4 is 18.9 Å². The summed E-state index contributed by atoms with van der Waals surface area (Å²) in [5.74, 6) is -1.61. The van der Waals surface area contributed by atoms with Gasteiger partial charge in [-0.25, -0.2) is 19.2 Å². The van der Waals surface area contributed by atoms with Gasteiger partial charge in [-0.15, -0.1) is 0 Å². The van der Waals surface area contributed by atoms with Gasteiger partial charge in [0.15, 0.2) is 0 Å². The zero-order valence-electron chi connectivity index (χ0n) is 34.4. The summed E-state index contributed by atoms with van der Waals surface area (Å²) < 4.78 is 108. The fourth-order valence-electron chi connectivity index (χ4n) is 4.89. The van der Waals surface area contributed by atoms with E-state index in [1.165, 1.54) is 66.7 Å². The molecule has 19 heteroatoms. The highest BCUT2D eigenvalue weighted by atomic mass is 19.4. The predicted octanol–water partition coefficient (Wildman–Crippen LogP) is 8.68. The molecule has 4 aromatic carbocycles. The van der Waals surface area contributed by atoms with Crippen LogP contribution >= 0.6 is 0 Å². The second kappa shape index (κ2) is 25.6. The molecule has 6 rings (SSSR count). The maximum absolute atomic E-state index is 12.3. The average Bonchev–Trinajstić information content (AvgIpc) is 4.21. The maximum atomic E-state index is 12.3. The molecule has 2 heterocycles. The minimum Gasteiger partial charge on any atom is -0.494 e. The topological polar surface area (TPSA) is 180 Å². The number of carboxylic acid groups (broad SMARTS) is 1. The molecule has 0 aromatic heterocycles. The van der Waals surface area contributed by atoms with Crippen molar-refractivity contribution < 1.29 is 88.9 Å². The molecular weight excluding hydrogens is 874 g/mol. The summed E-state index contributed by atoms with van der Waals surface area (Å²) in [7, 11) is 0. The number of benzene rings is 4. The molecule has 0 saturated carbocycles. The van der Waals surface area contributed by atoms with Gasteiger partial charge in [-0.2, -0.15) is 26.3 Å². The van der Waals surface area contributed by atoms with E-state index < -0.39 is 49.1 Å². The summed E-state index contributed by atoms with van der Waals surface area (Å²) in [6.07, 6.45) is -5.23. The van der Waals surface area contributed by atoms with E-state index >= 15 is 0 Å². The van der Waals surface area contributed by atoms with Crippen molar-refractivity contribution in [3.63, 3.8) is 0 Å². The lowest BCUT2D eigenvalue weighted by molar-refractivity contribution is -0.138. The number of hydrogen-bond acceptors (Lipinski definition) is 12. The summed E-state index contributed by atoms with van der Waals surface area (Å²) in [5.41, 5.74) is 1.67.